The maximum atomic E-state index is 12.2. The van der Waals surface area contributed by atoms with Crippen LogP contribution in [0.25, 0.3) is 6.08 Å². The lowest BCUT2D eigenvalue weighted by molar-refractivity contribution is -0.127. The highest BCUT2D eigenvalue weighted by atomic mass is 16.5. The number of aliphatic hydroxyl groups excluding tert-OH is 1. The second-order valence-electron chi connectivity index (χ2n) is 5.45. The summed E-state index contributed by atoms with van der Waals surface area (Å²) in [5.41, 5.74) is 7.36. The lowest BCUT2D eigenvalue weighted by Gasteiger charge is -2.33. The van der Waals surface area contributed by atoms with E-state index in [0.717, 1.165) is 18.7 Å². The van der Waals surface area contributed by atoms with Crippen molar-refractivity contribution in [3.8, 4) is 5.75 Å². The number of anilines is 1. The minimum atomic E-state index is 0.00102. The fourth-order valence-electron chi connectivity index (χ4n) is 2.56. The molecule has 1 heterocycles. The molecule has 0 bridgehead atoms. The Morgan fingerprint density at radius 1 is 1.35 bits per heavy atom. The molecule has 0 atom stereocenters. The molecule has 6 nitrogen and oxygen atoms in total. The molecule has 0 aromatic heterocycles. The summed E-state index contributed by atoms with van der Waals surface area (Å²) in [5, 5.41) is 8.93. The Hall–Kier alpha value is -2.05. The van der Waals surface area contributed by atoms with Crippen molar-refractivity contribution in [3.63, 3.8) is 0 Å². The molecule has 1 amide bonds. The predicted molar refractivity (Wildman–Crippen MR) is 91.2 cm³/mol. The molecule has 3 N–H and O–H groups in total. The Bertz CT molecular complexity index is 552. The number of benzene rings is 1. The average molecular weight is 319 g/mol. The zero-order valence-corrected chi connectivity index (χ0v) is 13.6. The van der Waals surface area contributed by atoms with Crippen molar-refractivity contribution in [1.29, 1.82) is 0 Å². The first-order chi connectivity index (χ1) is 11.1. The fourth-order valence-corrected chi connectivity index (χ4v) is 2.56. The molecule has 1 aliphatic rings. The van der Waals surface area contributed by atoms with Crippen molar-refractivity contribution in [2.45, 2.75) is 6.92 Å². The van der Waals surface area contributed by atoms with Crippen LogP contribution < -0.4 is 10.5 Å². The Kier molecular flexibility index (Phi) is 6.43. The number of nitrogen functional groups attached to an aromatic ring is 1. The van der Waals surface area contributed by atoms with Crippen molar-refractivity contribution >= 4 is 17.7 Å². The number of hydrogen-bond acceptors (Lipinski definition) is 5. The largest absolute Gasteiger partial charge is 0.492 e. The number of aliphatic hydroxyl groups is 1. The normalized spacial score (nSPS) is 16.0. The lowest BCUT2D eigenvalue weighted by Crippen LogP contribution is -2.48. The molecule has 1 fully saturated rings. The van der Waals surface area contributed by atoms with Gasteiger partial charge < -0.3 is 20.5 Å². The van der Waals surface area contributed by atoms with Gasteiger partial charge in [0.05, 0.1) is 18.9 Å². The molecule has 0 saturated carbocycles. The molecule has 1 saturated heterocycles. The van der Waals surface area contributed by atoms with Gasteiger partial charge in [-0.1, -0.05) is 6.07 Å². The van der Waals surface area contributed by atoms with E-state index in [4.69, 9.17) is 15.6 Å². The SMILES string of the molecule is CCOc1ccc(/C=C\C(=O)N2CCN(CCO)CC2)cc1N. The molecule has 1 aromatic rings. The molecule has 2 rings (SSSR count). The second-order valence-corrected chi connectivity index (χ2v) is 5.45. The minimum absolute atomic E-state index is 0.00102. The molecule has 23 heavy (non-hydrogen) atoms. The van der Waals surface area contributed by atoms with E-state index in [1.807, 2.05) is 24.0 Å². The average Bonchev–Trinajstić information content (AvgIpc) is 2.56. The van der Waals surface area contributed by atoms with Crippen LogP contribution >= 0.6 is 0 Å². The predicted octanol–water partition coefficient (Wildman–Crippen LogP) is 0.817. The first-order valence-electron chi connectivity index (χ1n) is 7.96. The Balaban J connectivity index is 1.90. The lowest BCUT2D eigenvalue weighted by atomic mass is 10.1. The number of hydrogen-bond donors (Lipinski definition) is 2. The van der Waals surface area contributed by atoms with Crippen LogP contribution in [0.15, 0.2) is 24.3 Å². The van der Waals surface area contributed by atoms with Crippen LogP contribution in [0.5, 0.6) is 5.75 Å². The summed E-state index contributed by atoms with van der Waals surface area (Å²) in [4.78, 5) is 16.2. The first kappa shape index (κ1) is 17.3. The first-order valence-corrected chi connectivity index (χ1v) is 7.96. The van der Waals surface area contributed by atoms with Gasteiger partial charge in [0.25, 0.3) is 0 Å². The van der Waals surface area contributed by atoms with Crippen LogP contribution in [-0.2, 0) is 4.79 Å². The van der Waals surface area contributed by atoms with Crippen molar-refractivity contribution in [2.24, 2.45) is 0 Å². The molecule has 1 aliphatic heterocycles. The van der Waals surface area contributed by atoms with Gasteiger partial charge in [-0.05, 0) is 30.7 Å². The van der Waals surface area contributed by atoms with E-state index < -0.39 is 0 Å². The van der Waals surface area contributed by atoms with Crippen molar-refractivity contribution in [2.75, 3.05) is 51.7 Å². The quantitative estimate of drug-likeness (QED) is 0.599. The van der Waals surface area contributed by atoms with Crippen LogP contribution in [-0.4, -0.2) is 66.8 Å². The van der Waals surface area contributed by atoms with Crippen LogP contribution in [0.1, 0.15) is 12.5 Å². The zero-order valence-electron chi connectivity index (χ0n) is 13.6. The third-order valence-electron chi connectivity index (χ3n) is 3.85. The molecule has 1 aromatic carbocycles. The number of rotatable bonds is 6. The van der Waals surface area contributed by atoms with E-state index in [1.165, 1.54) is 0 Å². The highest BCUT2D eigenvalue weighted by molar-refractivity contribution is 5.92. The van der Waals surface area contributed by atoms with Gasteiger partial charge in [0.15, 0.2) is 0 Å². The fraction of sp³-hybridized carbons (Fsp3) is 0.471. The number of carbonyl (C=O) groups is 1. The number of nitrogens with zero attached hydrogens (tertiary/aromatic N) is 2. The van der Waals surface area contributed by atoms with Gasteiger partial charge in [-0.25, -0.2) is 0 Å². The van der Waals surface area contributed by atoms with Crippen LogP contribution in [0.2, 0.25) is 0 Å². The number of β-amino-alcohol motifs (C(OH)–C–C–N with tert-alkyl or cyclic N) is 1. The molecule has 0 unspecified atom stereocenters. The maximum Gasteiger partial charge on any atom is 0.246 e. The number of nitrogens with two attached hydrogens (primary N) is 1. The number of piperazine rings is 1. The van der Waals surface area contributed by atoms with E-state index in [-0.39, 0.29) is 12.5 Å². The Morgan fingerprint density at radius 3 is 2.70 bits per heavy atom. The highest BCUT2D eigenvalue weighted by Crippen LogP contribution is 2.23. The highest BCUT2D eigenvalue weighted by Gasteiger charge is 2.18. The summed E-state index contributed by atoms with van der Waals surface area (Å²) >= 11 is 0. The Morgan fingerprint density at radius 2 is 2.09 bits per heavy atom. The number of carbonyl (C=O) groups excluding carboxylic acids is 1. The summed E-state index contributed by atoms with van der Waals surface area (Å²) in [6.45, 7) is 6.29. The molecule has 0 radical (unpaired) electrons. The van der Waals surface area contributed by atoms with E-state index in [2.05, 4.69) is 4.90 Å². The van der Waals surface area contributed by atoms with Gasteiger partial charge >= 0.3 is 0 Å². The minimum Gasteiger partial charge on any atom is -0.492 e. The molecule has 126 valence electrons. The summed E-state index contributed by atoms with van der Waals surface area (Å²) in [5.74, 6) is 0.664. The van der Waals surface area contributed by atoms with Gasteiger partial charge in [0, 0.05) is 38.8 Å². The van der Waals surface area contributed by atoms with Gasteiger partial charge in [-0.2, -0.15) is 0 Å². The van der Waals surface area contributed by atoms with Gasteiger partial charge in [-0.15, -0.1) is 0 Å². The topological polar surface area (TPSA) is 79.0 Å². The van der Waals surface area contributed by atoms with Crippen LogP contribution in [0, 0.1) is 0 Å². The monoisotopic (exact) mass is 319 g/mol. The summed E-state index contributed by atoms with van der Waals surface area (Å²) in [7, 11) is 0. The smallest absolute Gasteiger partial charge is 0.246 e. The molecule has 0 aliphatic carbocycles. The van der Waals surface area contributed by atoms with E-state index in [0.29, 0.717) is 37.7 Å². The summed E-state index contributed by atoms with van der Waals surface area (Å²) in [6.07, 6.45) is 3.35. The third kappa shape index (κ3) is 4.97. The molecule has 0 spiro atoms. The van der Waals surface area contributed by atoms with E-state index in [9.17, 15) is 4.79 Å². The van der Waals surface area contributed by atoms with Gasteiger partial charge in [0.2, 0.25) is 5.91 Å². The molecular formula is C17H25N3O3. The summed E-state index contributed by atoms with van der Waals surface area (Å²) < 4.78 is 5.40. The second kappa shape index (κ2) is 8.55. The molecular weight excluding hydrogens is 294 g/mol. The van der Waals surface area contributed by atoms with E-state index in [1.54, 1.807) is 18.2 Å². The standard InChI is InChI=1S/C17H25N3O3/c1-2-23-16-5-3-14(13-15(16)18)4-6-17(22)20-9-7-19(8-10-20)11-12-21/h3-6,13,21H,2,7-12,18H2,1H3/b6-4-. The number of ether oxygens (including phenoxy) is 1. The van der Waals surface area contributed by atoms with E-state index >= 15 is 0 Å². The zero-order chi connectivity index (χ0) is 16.7. The van der Waals surface area contributed by atoms with Crippen LogP contribution in [0.4, 0.5) is 5.69 Å². The van der Waals surface area contributed by atoms with Crippen LogP contribution in [0.3, 0.4) is 0 Å². The Labute approximate surface area is 137 Å². The molecule has 6 heteroatoms. The van der Waals surface area contributed by atoms with Crippen molar-refractivity contribution in [3.05, 3.63) is 29.8 Å². The maximum absolute atomic E-state index is 12.2. The summed E-state index contributed by atoms with van der Waals surface area (Å²) in [6, 6.07) is 5.49. The van der Waals surface area contributed by atoms with Gasteiger partial charge in [-0.3, -0.25) is 9.69 Å². The van der Waals surface area contributed by atoms with Gasteiger partial charge in [0.1, 0.15) is 5.75 Å². The number of amides is 1. The van der Waals surface area contributed by atoms with Crippen molar-refractivity contribution < 1.29 is 14.6 Å². The third-order valence-corrected chi connectivity index (χ3v) is 3.85. The van der Waals surface area contributed by atoms with Crippen molar-refractivity contribution in [1.82, 2.24) is 9.80 Å².